The van der Waals surface area contributed by atoms with Crippen LogP contribution in [0.3, 0.4) is 0 Å². The van der Waals surface area contributed by atoms with Gasteiger partial charge in [-0.25, -0.2) is 0 Å². The molecule has 1 saturated heterocycles. The minimum Gasteiger partial charge on any atom is -0.298 e. The highest BCUT2D eigenvalue weighted by Gasteiger charge is 2.44. The van der Waals surface area contributed by atoms with Crippen LogP contribution in [0.4, 0.5) is 13.2 Å². The van der Waals surface area contributed by atoms with E-state index in [9.17, 15) is 18.0 Å². The van der Waals surface area contributed by atoms with Gasteiger partial charge in [0.05, 0.1) is 11.2 Å². The second-order valence-corrected chi connectivity index (χ2v) is 6.67. The van der Waals surface area contributed by atoms with Gasteiger partial charge >= 0.3 is 6.18 Å². The van der Waals surface area contributed by atoms with E-state index in [0.29, 0.717) is 12.8 Å². The van der Waals surface area contributed by atoms with Gasteiger partial charge in [0.1, 0.15) is 5.78 Å². The van der Waals surface area contributed by atoms with Crippen molar-refractivity contribution < 1.29 is 18.0 Å². The van der Waals surface area contributed by atoms with Crippen molar-refractivity contribution in [1.29, 1.82) is 0 Å². The van der Waals surface area contributed by atoms with Crippen LogP contribution in [0.25, 0.3) is 0 Å². The first kappa shape index (κ1) is 14.2. The molecule has 18 heavy (non-hydrogen) atoms. The third-order valence-corrected chi connectivity index (χ3v) is 5.43. The summed E-state index contributed by atoms with van der Waals surface area (Å²) in [6.45, 7) is 0. The number of halogens is 3. The molecule has 1 saturated carbocycles. The maximum atomic E-state index is 12.7. The summed E-state index contributed by atoms with van der Waals surface area (Å²) in [6.07, 6.45) is 0.323. The summed E-state index contributed by atoms with van der Waals surface area (Å²) in [7, 11) is 0. The monoisotopic (exact) mass is 280 g/mol. The quantitative estimate of drug-likeness (QED) is 0.753. The number of rotatable bonds is 2. The Bertz CT molecular complexity index is 297. The van der Waals surface area contributed by atoms with Gasteiger partial charge in [-0.2, -0.15) is 24.9 Å². The van der Waals surface area contributed by atoms with Crippen LogP contribution in [0, 0.1) is 11.8 Å². The molecule has 0 aromatic rings. The molecule has 0 N–H and O–H groups in total. The minimum absolute atomic E-state index is 0.0272. The van der Waals surface area contributed by atoms with Crippen molar-refractivity contribution in [2.24, 2.45) is 11.8 Å². The van der Waals surface area contributed by atoms with E-state index < -0.39 is 12.1 Å². The first-order valence-corrected chi connectivity index (χ1v) is 7.75. The lowest BCUT2D eigenvalue weighted by Crippen LogP contribution is -2.35. The van der Waals surface area contributed by atoms with Crippen LogP contribution >= 0.6 is 11.8 Å². The number of hydrogen-bond acceptors (Lipinski definition) is 2. The van der Waals surface area contributed by atoms with Crippen molar-refractivity contribution in [3.05, 3.63) is 0 Å². The van der Waals surface area contributed by atoms with Crippen LogP contribution in [0.1, 0.15) is 44.9 Å². The van der Waals surface area contributed by atoms with Gasteiger partial charge in [-0.05, 0) is 37.9 Å². The zero-order chi connectivity index (χ0) is 13.2. The zero-order valence-electron chi connectivity index (χ0n) is 10.3. The van der Waals surface area contributed by atoms with E-state index in [-0.39, 0.29) is 29.8 Å². The number of ketones is 1. The second kappa shape index (κ2) is 5.85. The lowest BCUT2D eigenvalue weighted by atomic mass is 9.78. The second-order valence-electron chi connectivity index (χ2n) is 5.36. The molecule has 2 fully saturated rings. The Hall–Kier alpha value is -0.190. The third-order valence-electron chi connectivity index (χ3n) is 4.04. The number of carbonyl (C=O) groups is 1. The molecular weight excluding hydrogens is 261 g/mol. The lowest BCUT2D eigenvalue weighted by Gasteiger charge is -2.32. The Labute approximate surface area is 110 Å². The maximum absolute atomic E-state index is 12.7. The molecule has 3 atom stereocenters. The molecule has 1 nitrogen and oxygen atoms in total. The number of alkyl halides is 3. The number of carbonyl (C=O) groups excluding carboxylic acids is 1. The summed E-state index contributed by atoms with van der Waals surface area (Å²) in [5, 5.41) is -0.0317. The van der Waals surface area contributed by atoms with Crippen molar-refractivity contribution in [3.8, 4) is 0 Å². The molecule has 0 radical (unpaired) electrons. The summed E-state index contributed by atoms with van der Waals surface area (Å²) in [5.41, 5.74) is 0. The smallest absolute Gasteiger partial charge is 0.298 e. The molecule has 1 aliphatic heterocycles. The summed E-state index contributed by atoms with van der Waals surface area (Å²) in [6, 6.07) is 0. The molecule has 5 heteroatoms. The average Bonchev–Trinajstić information content (AvgIpc) is 2.38. The molecule has 0 amide bonds. The number of hydrogen-bond donors (Lipinski definition) is 0. The van der Waals surface area contributed by atoms with Gasteiger partial charge < -0.3 is 0 Å². The van der Waals surface area contributed by atoms with E-state index >= 15 is 0 Å². The van der Waals surface area contributed by atoms with Gasteiger partial charge in [0, 0.05) is 5.92 Å². The van der Waals surface area contributed by atoms with Crippen LogP contribution in [0.5, 0.6) is 0 Å². The van der Waals surface area contributed by atoms with Crippen molar-refractivity contribution >= 4 is 17.5 Å². The Morgan fingerprint density at radius 1 is 1.06 bits per heavy atom. The third kappa shape index (κ3) is 3.43. The molecule has 104 valence electrons. The molecule has 2 aliphatic rings. The first-order chi connectivity index (χ1) is 8.48. The largest absolute Gasteiger partial charge is 0.391 e. The lowest BCUT2D eigenvalue weighted by molar-refractivity contribution is -0.186. The molecule has 0 spiro atoms. The van der Waals surface area contributed by atoms with Crippen LogP contribution in [0.2, 0.25) is 0 Å². The fraction of sp³-hybridized carbons (Fsp3) is 0.923. The Kier molecular flexibility index (Phi) is 4.62. The van der Waals surface area contributed by atoms with Gasteiger partial charge in [0.2, 0.25) is 0 Å². The van der Waals surface area contributed by atoms with Crippen LogP contribution in [-0.2, 0) is 4.79 Å². The summed E-state index contributed by atoms with van der Waals surface area (Å²) >= 11 is 1.64. The minimum atomic E-state index is -4.13. The van der Waals surface area contributed by atoms with Gasteiger partial charge in [-0.3, -0.25) is 4.79 Å². The summed E-state index contributed by atoms with van der Waals surface area (Å²) < 4.78 is 38.1. The van der Waals surface area contributed by atoms with E-state index in [4.69, 9.17) is 0 Å². The van der Waals surface area contributed by atoms with Gasteiger partial charge in [0.15, 0.2) is 0 Å². The maximum Gasteiger partial charge on any atom is 0.391 e. The highest BCUT2D eigenvalue weighted by atomic mass is 32.2. The fourth-order valence-corrected chi connectivity index (χ4v) is 4.32. The van der Waals surface area contributed by atoms with Crippen LogP contribution in [0.15, 0.2) is 0 Å². The molecule has 0 aromatic carbocycles. The van der Waals surface area contributed by atoms with E-state index in [0.717, 1.165) is 25.0 Å². The van der Waals surface area contributed by atoms with Crippen molar-refractivity contribution in [1.82, 2.24) is 0 Å². The average molecular weight is 280 g/mol. The molecule has 2 rings (SSSR count). The SMILES string of the molecule is O=C(C1CCCC(C(F)(F)F)C1)C1CCCCS1. The molecule has 0 aromatic heterocycles. The number of Topliss-reactive ketones (excluding diaryl/α,β-unsaturated/α-hetero) is 1. The Morgan fingerprint density at radius 3 is 2.44 bits per heavy atom. The predicted octanol–water partition coefficient (Wildman–Crippen LogP) is 4.21. The topological polar surface area (TPSA) is 17.1 Å². The molecule has 0 bridgehead atoms. The van der Waals surface area contributed by atoms with E-state index in [1.807, 2.05) is 0 Å². The Balaban J connectivity index is 1.93. The summed E-state index contributed by atoms with van der Waals surface area (Å²) in [4.78, 5) is 12.2. The van der Waals surface area contributed by atoms with Gasteiger partial charge in [-0.15, -0.1) is 0 Å². The van der Waals surface area contributed by atoms with Crippen LogP contribution < -0.4 is 0 Å². The van der Waals surface area contributed by atoms with Crippen molar-refractivity contribution in [3.63, 3.8) is 0 Å². The highest BCUT2D eigenvalue weighted by Crippen LogP contribution is 2.41. The van der Waals surface area contributed by atoms with Gasteiger partial charge in [0.25, 0.3) is 0 Å². The predicted molar refractivity (Wildman–Crippen MR) is 66.6 cm³/mol. The first-order valence-electron chi connectivity index (χ1n) is 6.70. The van der Waals surface area contributed by atoms with Crippen LogP contribution in [-0.4, -0.2) is 23.0 Å². The number of thioether (sulfide) groups is 1. The molecule has 1 heterocycles. The summed E-state index contributed by atoms with van der Waals surface area (Å²) in [5.74, 6) is -0.533. The van der Waals surface area contributed by atoms with Crippen molar-refractivity contribution in [2.45, 2.75) is 56.4 Å². The molecular formula is C13H19F3OS. The fourth-order valence-electron chi connectivity index (χ4n) is 2.97. The van der Waals surface area contributed by atoms with Gasteiger partial charge in [-0.1, -0.05) is 12.8 Å². The van der Waals surface area contributed by atoms with Crippen molar-refractivity contribution in [2.75, 3.05) is 5.75 Å². The Morgan fingerprint density at radius 2 is 1.83 bits per heavy atom. The highest BCUT2D eigenvalue weighted by molar-refractivity contribution is 8.00. The zero-order valence-corrected chi connectivity index (χ0v) is 11.2. The molecule has 3 unspecified atom stereocenters. The van der Waals surface area contributed by atoms with E-state index in [2.05, 4.69) is 0 Å². The van der Waals surface area contributed by atoms with E-state index in [1.165, 1.54) is 0 Å². The molecule has 1 aliphatic carbocycles. The standard InChI is InChI=1S/C13H19F3OS/c14-13(15,16)10-5-3-4-9(8-10)12(17)11-6-1-2-7-18-11/h9-11H,1-8H2. The van der Waals surface area contributed by atoms with E-state index in [1.54, 1.807) is 11.8 Å². The normalized spacial score (nSPS) is 34.3.